The summed E-state index contributed by atoms with van der Waals surface area (Å²) in [5, 5.41) is 0. The first-order valence-electron chi connectivity index (χ1n) is 9.39. The van der Waals surface area contributed by atoms with Crippen LogP contribution in [-0.4, -0.2) is 61.5 Å². The molecule has 2 aliphatic heterocycles. The van der Waals surface area contributed by atoms with Gasteiger partial charge in [0.05, 0.1) is 25.9 Å². The van der Waals surface area contributed by atoms with E-state index >= 15 is 0 Å². The summed E-state index contributed by atoms with van der Waals surface area (Å²) in [7, 11) is 1.36. The summed E-state index contributed by atoms with van der Waals surface area (Å²) in [4.78, 5) is 30.4. The number of aromatic nitrogens is 1. The van der Waals surface area contributed by atoms with Crippen LogP contribution in [0.1, 0.15) is 58.3 Å². The lowest BCUT2D eigenvalue weighted by atomic mass is 9.96. The van der Waals surface area contributed by atoms with Gasteiger partial charge in [0.1, 0.15) is 5.69 Å². The Morgan fingerprint density at radius 1 is 1.31 bits per heavy atom. The van der Waals surface area contributed by atoms with Crippen molar-refractivity contribution in [2.45, 2.75) is 45.8 Å². The van der Waals surface area contributed by atoms with Gasteiger partial charge in [0.2, 0.25) is 0 Å². The third kappa shape index (κ3) is 3.64. The highest BCUT2D eigenvalue weighted by Gasteiger charge is 2.35. The summed E-state index contributed by atoms with van der Waals surface area (Å²) in [6.07, 6.45) is 3.20. The number of aryl methyl sites for hydroxylation is 1. The smallest absolute Gasteiger partial charge is 0.339 e. The Bertz CT molecular complexity index is 663. The second-order valence-corrected chi connectivity index (χ2v) is 6.98. The molecule has 1 aromatic rings. The molecule has 26 heavy (non-hydrogen) atoms. The van der Waals surface area contributed by atoms with Crippen LogP contribution in [0.4, 0.5) is 0 Å². The average Bonchev–Trinajstić information content (AvgIpc) is 3.29. The van der Waals surface area contributed by atoms with Crippen molar-refractivity contribution in [3.05, 3.63) is 22.5 Å². The fourth-order valence-corrected chi connectivity index (χ4v) is 3.96. The Labute approximate surface area is 154 Å². The Morgan fingerprint density at radius 3 is 2.69 bits per heavy atom. The number of nitrogens with one attached hydrogen (secondary N) is 1. The summed E-state index contributed by atoms with van der Waals surface area (Å²) in [5.41, 5.74) is 2.45. The van der Waals surface area contributed by atoms with Crippen molar-refractivity contribution in [2.24, 2.45) is 5.92 Å². The molecule has 0 saturated carbocycles. The molecule has 1 atom stereocenters. The van der Waals surface area contributed by atoms with E-state index in [1.165, 1.54) is 7.11 Å². The lowest BCUT2D eigenvalue weighted by Crippen LogP contribution is -2.44. The molecule has 0 bridgehead atoms. The van der Waals surface area contributed by atoms with Crippen LogP contribution in [-0.2, 0) is 20.6 Å². The molecule has 1 N–H and O–H groups in total. The first kappa shape index (κ1) is 18.9. The number of rotatable bonds is 5. The maximum Gasteiger partial charge on any atom is 0.339 e. The van der Waals surface area contributed by atoms with E-state index in [2.05, 4.69) is 4.98 Å². The molecule has 7 heteroatoms. The van der Waals surface area contributed by atoms with Crippen LogP contribution in [0.2, 0.25) is 0 Å². The molecule has 1 amide bonds. The van der Waals surface area contributed by atoms with Crippen molar-refractivity contribution in [2.75, 3.05) is 33.4 Å². The van der Waals surface area contributed by atoms with Crippen molar-refractivity contribution >= 4 is 11.9 Å². The number of ether oxygens (including phenoxy) is 3. The number of aromatic amines is 1. The van der Waals surface area contributed by atoms with Gasteiger partial charge in [0.25, 0.3) is 5.91 Å². The molecule has 3 heterocycles. The van der Waals surface area contributed by atoms with Crippen molar-refractivity contribution in [1.82, 2.24) is 9.88 Å². The number of carbonyl (C=O) groups is 2. The van der Waals surface area contributed by atoms with Crippen LogP contribution >= 0.6 is 0 Å². The number of methoxy groups -OCH3 is 1. The van der Waals surface area contributed by atoms with Gasteiger partial charge in [-0.25, -0.2) is 4.79 Å². The normalized spacial score (nSPS) is 21.2. The molecule has 0 aromatic carbocycles. The zero-order chi connectivity index (χ0) is 18.7. The van der Waals surface area contributed by atoms with Gasteiger partial charge in [0, 0.05) is 24.7 Å². The standard InChI is InChI=1S/C19H28N2O5/c1-4-6-14-15(18(23)24-3)12(2)20-16(14)17(22)21-8-5-7-13(11-21)19-25-9-10-26-19/h13,19-20H,4-11H2,1-3H3. The largest absolute Gasteiger partial charge is 0.465 e. The number of piperidine rings is 1. The van der Waals surface area contributed by atoms with E-state index in [0.717, 1.165) is 24.8 Å². The number of hydrogen-bond acceptors (Lipinski definition) is 5. The van der Waals surface area contributed by atoms with Gasteiger partial charge < -0.3 is 24.1 Å². The summed E-state index contributed by atoms with van der Waals surface area (Å²) >= 11 is 0. The van der Waals surface area contributed by atoms with Crippen molar-refractivity contribution in [3.8, 4) is 0 Å². The van der Waals surface area contributed by atoms with Gasteiger partial charge in [0.15, 0.2) is 6.29 Å². The van der Waals surface area contributed by atoms with Crippen LogP contribution in [0.3, 0.4) is 0 Å². The highest BCUT2D eigenvalue weighted by Crippen LogP contribution is 2.28. The summed E-state index contributed by atoms with van der Waals surface area (Å²) in [5.74, 6) is -0.263. The molecule has 0 spiro atoms. The highest BCUT2D eigenvalue weighted by atomic mass is 16.7. The van der Waals surface area contributed by atoms with Crippen LogP contribution in [0.25, 0.3) is 0 Å². The molecule has 2 fully saturated rings. The molecule has 1 unspecified atom stereocenters. The fraction of sp³-hybridized carbons (Fsp3) is 0.684. The monoisotopic (exact) mass is 364 g/mol. The molecule has 144 valence electrons. The first-order chi connectivity index (χ1) is 12.6. The third-order valence-electron chi connectivity index (χ3n) is 5.17. The van der Waals surface area contributed by atoms with Crippen molar-refractivity contribution in [1.29, 1.82) is 0 Å². The number of nitrogens with zero attached hydrogens (tertiary/aromatic N) is 1. The Kier molecular flexibility index (Phi) is 5.98. The molecule has 2 saturated heterocycles. The lowest BCUT2D eigenvalue weighted by molar-refractivity contribution is -0.0969. The van der Waals surface area contributed by atoms with E-state index in [1.54, 1.807) is 6.92 Å². The minimum atomic E-state index is -0.398. The predicted octanol–water partition coefficient (Wildman–Crippen LogP) is 2.29. The number of amides is 1. The number of carbonyl (C=O) groups excluding carboxylic acids is 2. The van der Waals surface area contributed by atoms with Crippen LogP contribution in [0.5, 0.6) is 0 Å². The number of hydrogen-bond donors (Lipinski definition) is 1. The fourth-order valence-electron chi connectivity index (χ4n) is 3.96. The van der Waals surface area contributed by atoms with Crippen LogP contribution in [0, 0.1) is 12.8 Å². The van der Waals surface area contributed by atoms with E-state index in [-0.39, 0.29) is 18.1 Å². The SMILES string of the molecule is CCCc1c(C(=O)N2CCCC(C3OCCO3)C2)[nH]c(C)c1C(=O)OC. The second kappa shape index (κ2) is 8.22. The molecular weight excluding hydrogens is 336 g/mol. The van der Waals surface area contributed by atoms with Crippen molar-refractivity contribution < 1.29 is 23.8 Å². The molecule has 0 radical (unpaired) electrons. The third-order valence-corrected chi connectivity index (χ3v) is 5.17. The predicted molar refractivity (Wildman–Crippen MR) is 95.2 cm³/mol. The second-order valence-electron chi connectivity index (χ2n) is 6.98. The maximum absolute atomic E-state index is 13.2. The van der Waals surface area contributed by atoms with E-state index in [0.29, 0.717) is 49.7 Å². The van der Waals surface area contributed by atoms with Crippen molar-refractivity contribution in [3.63, 3.8) is 0 Å². The summed E-state index contributed by atoms with van der Waals surface area (Å²) in [6, 6.07) is 0. The molecule has 0 aliphatic carbocycles. The summed E-state index contributed by atoms with van der Waals surface area (Å²) in [6.45, 7) is 6.40. The lowest BCUT2D eigenvalue weighted by Gasteiger charge is -2.34. The quantitative estimate of drug-likeness (QED) is 0.811. The molecule has 2 aliphatic rings. The minimum absolute atomic E-state index is 0.0607. The molecule has 3 rings (SSSR count). The number of H-pyrrole nitrogens is 1. The number of esters is 1. The van der Waals surface area contributed by atoms with Gasteiger partial charge >= 0.3 is 5.97 Å². The zero-order valence-corrected chi connectivity index (χ0v) is 15.8. The number of likely N-dealkylation sites (tertiary alicyclic amines) is 1. The average molecular weight is 364 g/mol. The van der Waals surface area contributed by atoms with E-state index < -0.39 is 5.97 Å². The Balaban J connectivity index is 1.83. The topological polar surface area (TPSA) is 80.9 Å². The van der Waals surface area contributed by atoms with Gasteiger partial charge in [-0.15, -0.1) is 0 Å². The molecule has 7 nitrogen and oxygen atoms in total. The van der Waals surface area contributed by atoms with Gasteiger partial charge in [-0.2, -0.15) is 0 Å². The molecular formula is C19H28N2O5. The Hall–Kier alpha value is -1.86. The van der Waals surface area contributed by atoms with Gasteiger partial charge in [-0.3, -0.25) is 4.79 Å². The zero-order valence-electron chi connectivity index (χ0n) is 15.8. The van der Waals surface area contributed by atoms with E-state index in [1.807, 2.05) is 11.8 Å². The first-order valence-corrected chi connectivity index (χ1v) is 9.39. The summed E-state index contributed by atoms with van der Waals surface area (Å²) < 4.78 is 16.2. The van der Waals surface area contributed by atoms with E-state index in [9.17, 15) is 9.59 Å². The minimum Gasteiger partial charge on any atom is -0.465 e. The molecule has 1 aromatic heterocycles. The van der Waals surface area contributed by atoms with E-state index in [4.69, 9.17) is 14.2 Å². The maximum atomic E-state index is 13.2. The van der Waals surface area contributed by atoms with Gasteiger partial charge in [-0.05, 0) is 31.7 Å². The Morgan fingerprint density at radius 2 is 2.04 bits per heavy atom. The van der Waals surface area contributed by atoms with Gasteiger partial charge in [-0.1, -0.05) is 13.3 Å². The highest BCUT2D eigenvalue weighted by molar-refractivity contribution is 6.00. The van der Waals surface area contributed by atoms with Crippen LogP contribution < -0.4 is 0 Å². The van der Waals surface area contributed by atoms with Crippen LogP contribution in [0.15, 0.2) is 0 Å².